The molecule has 3 aromatic rings. The molecule has 29 heavy (non-hydrogen) atoms. The van der Waals surface area contributed by atoms with Crippen LogP contribution in [0, 0.1) is 0 Å². The summed E-state index contributed by atoms with van der Waals surface area (Å²) in [6.45, 7) is 2.68. The molecule has 0 aliphatic carbocycles. The van der Waals surface area contributed by atoms with Crippen molar-refractivity contribution in [1.82, 2.24) is 0 Å². The molecule has 0 atom stereocenters. The molecule has 0 spiro atoms. The standard InChI is InChI=1S/C22H20ClNO4S/c1-3-12-28-15-10-8-14(9-11-15)17-13-29-21(19(17)22(26)27-2)24-20(25)16-6-4-5-7-18(16)23/h4-11,13H,3,12H2,1-2H3,(H,24,25). The Balaban J connectivity index is 1.92. The lowest BCUT2D eigenvalue weighted by atomic mass is 10.0. The summed E-state index contributed by atoms with van der Waals surface area (Å²) in [5.74, 6) is -0.155. The Morgan fingerprint density at radius 1 is 1.10 bits per heavy atom. The fourth-order valence-electron chi connectivity index (χ4n) is 2.73. The van der Waals surface area contributed by atoms with Gasteiger partial charge in [-0.15, -0.1) is 11.3 Å². The van der Waals surface area contributed by atoms with Crippen molar-refractivity contribution in [3.63, 3.8) is 0 Å². The maximum Gasteiger partial charge on any atom is 0.341 e. The van der Waals surface area contributed by atoms with Gasteiger partial charge in [0.05, 0.1) is 24.3 Å². The predicted molar refractivity (Wildman–Crippen MR) is 116 cm³/mol. The van der Waals surface area contributed by atoms with Crippen LogP contribution in [0.15, 0.2) is 53.9 Å². The number of hydrogen-bond acceptors (Lipinski definition) is 5. The van der Waals surface area contributed by atoms with Crippen molar-refractivity contribution in [2.24, 2.45) is 0 Å². The van der Waals surface area contributed by atoms with E-state index >= 15 is 0 Å². The van der Waals surface area contributed by atoms with E-state index in [0.29, 0.717) is 33.3 Å². The molecule has 0 bridgehead atoms. The van der Waals surface area contributed by atoms with Gasteiger partial charge in [-0.25, -0.2) is 4.79 Å². The molecule has 2 aromatic carbocycles. The summed E-state index contributed by atoms with van der Waals surface area (Å²) in [7, 11) is 1.31. The van der Waals surface area contributed by atoms with E-state index in [0.717, 1.165) is 17.7 Å². The third kappa shape index (κ3) is 4.78. The first kappa shape index (κ1) is 20.9. The van der Waals surface area contributed by atoms with Gasteiger partial charge in [-0.1, -0.05) is 42.8 Å². The molecule has 3 rings (SSSR count). The van der Waals surface area contributed by atoms with Crippen molar-refractivity contribution in [3.8, 4) is 16.9 Å². The van der Waals surface area contributed by atoms with Crippen LogP contribution in [0.5, 0.6) is 5.75 Å². The second-order valence-electron chi connectivity index (χ2n) is 6.15. The molecule has 0 fully saturated rings. The van der Waals surface area contributed by atoms with Crippen LogP contribution in [-0.4, -0.2) is 25.6 Å². The van der Waals surface area contributed by atoms with Crippen LogP contribution in [-0.2, 0) is 4.74 Å². The highest BCUT2D eigenvalue weighted by molar-refractivity contribution is 7.15. The normalized spacial score (nSPS) is 10.4. The quantitative estimate of drug-likeness (QED) is 0.475. The minimum absolute atomic E-state index is 0.306. The number of anilines is 1. The van der Waals surface area contributed by atoms with Crippen molar-refractivity contribution in [2.45, 2.75) is 13.3 Å². The molecular weight excluding hydrogens is 410 g/mol. The number of amides is 1. The van der Waals surface area contributed by atoms with E-state index in [1.165, 1.54) is 18.4 Å². The van der Waals surface area contributed by atoms with Gasteiger partial charge in [-0.2, -0.15) is 0 Å². The summed E-state index contributed by atoms with van der Waals surface area (Å²) in [6, 6.07) is 14.2. The molecule has 1 N–H and O–H groups in total. The van der Waals surface area contributed by atoms with Crippen molar-refractivity contribution in [3.05, 3.63) is 70.1 Å². The number of carbonyl (C=O) groups is 2. The molecule has 1 aromatic heterocycles. The monoisotopic (exact) mass is 429 g/mol. The Kier molecular flexibility index (Phi) is 6.90. The lowest BCUT2D eigenvalue weighted by Crippen LogP contribution is -2.14. The van der Waals surface area contributed by atoms with Gasteiger partial charge in [0.15, 0.2) is 0 Å². The van der Waals surface area contributed by atoms with Gasteiger partial charge in [-0.3, -0.25) is 4.79 Å². The maximum atomic E-state index is 12.6. The number of methoxy groups -OCH3 is 1. The third-order valence-corrected chi connectivity index (χ3v) is 5.39. The van der Waals surface area contributed by atoms with E-state index in [2.05, 4.69) is 5.32 Å². The molecule has 0 saturated heterocycles. The molecule has 5 nitrogen and oxygen atoms in total. The molecule has 1 heterocycles. The second kappa shape index (κ2) is 9.58. The smallest absolute Gasteiger partial charge is 0.341 e. The number of rotatable bonds is 7. The van der Waals surface area contributed by atoms with Crippen molar-refractivity contribution < 1.29 is 19.1 Å². The maximum absolute atomic E-state index is 12.6. The molecule has 0 saturated carbocycles. The number of esters is 1. The van der Waals surface area contributed by atoms with Gasteiger partial charge in [0.25, 0.3) is 5.91 Å². The van der Waals surface area contributed by atoms with Gasteiger partial charge in [0, 0.05) is 10.9 Å². The van der Waals surface area contributed by atoms with Crippen LogP contribution in [0.25, 0.3) is 11.1 Å². The number of thiophene rings is 1. The molecular formula is C22H20ClNO4S. The minimum Gasteiger partial charge on any atom is -0.494 e. The predicted octanol–water partition coefficient (Wildman–Crippen LogP) is 5.90. The van der Waals surface area contributed by atoms with E-state index in [-0.39, 0.29) is 0 Å². The number of halogens is 1. The Labute approximate surface area is 178 Å². The van der Waals surface area contributed by atoms with Crippen LogP contribution in [0.1, 0.15) is 34.1 Å². The van der Waals surface area contributed by atoms with Crippen LogP contribution >= 0.6 is 22.9 Å². The van der Waals surface area contributed by atoms with Gasteiger partial charge < -0.3 is 14.8 Å². The number of hydrogen-bond donors (Lipinski definition) is 1. The van der Waals surface area contributed by atoms with Crippen molar-refractivity contribution >= 4 is 39.8 Å². The average Bonchev–Trinajstić information content (AvgIpc) is 3.15. The summed E-state index contributed by atoms with van der Waals surface area (Å²) < 4.78 is 10.6. The molecule has 150 valence electrons. The lowest BCUT2D eigenvalue weighted by molar-refractivity contribution is 0.0603. The average molecular weight is 430 g/mol. The van der Waals surface area contributed by atoms with Crippen molar-refractivity contribution in [1.29, 1.82) is 0 Å². The van der Waals surface area contributed by atoms with Gasteiger partial charge in [0.1, 0.15) is 16.3 Å². The zero-order valence-corrected chi connectivity index (χ0v) is 17.6. The number of carbonyl (C=O) groups excluding carboxylic acids is 2. The molecule has 0 aliphatic rings. The number of ether oxygens (including phenoxy) is 2. The largest absolute Gasteiger partial charge is 0.494 e. The summed E-state index contributed by atoms with van der Waals surface area (Å²) in [6.07, 6.45) is 0.924. The Bertz CT molecular complexity index is 1010. The first-order valence-corrected chi connectivity index (χ1v) is 10.3. The second-order valence-corrected chi connectivity index (χ2v) is 7.44. The molecule has 0 aliphatic heterocycles. The van der Waals surface area contributed by atoms with Crippen LogP contribution in [0.4, 0.5) is 5.00 Å². The van der Waals surface area contributed by atoms with Gasteiger partial charge >= 0.3 is 5.97 Å². The summed E-state index contributed by atoms with van der Waals surface area (Å²) >= 11 is 7.36. The number of nitrogens with one attached hydrogen (secondary N) is 1. The Hall–Kier alpha value is -2.83. The van der Waals surface area contributed by atoms with Gasteiger partial charge in [-0.05, 0) is 36.2 Å². The van der Waals surface area contributed by atoms with Crippen molar-refractivity contribution in [2.75, 3.05) is 19.0 Å². The highest BCUT2D eigenvalue weighted by Crippen LogP contribution is 2.37. The molecule has 7 heteroatoms. The fourth-order valence-corrected chi connectivity index (χ4v) is 3.91. The first-order valence-electron chi connectivity index (χ1n) is 9.04. The summed E-state index contributed by atoms with van der Waals surface area (Å²) in [4.78, 5) is 25.1. The van der Waals surface area contributed by atoms with Gasteiger partial charge in [0.2, 0.25) is 0 Å². The topological polar surface area (TPSA) is 64.6 Å². The third-order valence-electron chi connectivity index (χ3n) is 4.16. The van der Waals surface area contributed by atoms with E-state index in [1.807, 2.05) is 36.6 Å². The minimum atomic E-state index is -0.526. The zero-order chi connectivity index (χ0) is 20.8. The fraction of sp³-hybridized carbons (Fsp3) is 0.182. The summed E-state index contributed by atoms with van der Waals surface area (Å²) in [5, 5.41) is 5.34. The Morgan fingerprint density at radius 2 is 1.83 bits per heavy atom. The zero-order valence-electron chi connectivity index (χ0n) is 16.0. The molecule has 0 unspecified atom stereocenters. The Morgan fingerprint density at radius 3 is 2.48 bits per heavy atom. The highest BCUT2D eigenvalue weighted by Gasteiger charge is 2.23. The molecule has 1 amide bonds. The number of benzene rings is 2. The highest BCUT2D eigenvalue weighted by atomic mass is 35.5. The van der Waals surface area contributed by atoms with Crippen LogP contribution in [0.3, 0.4) is 0 Å². The van der Waals surface area contributed by atoms with Crippen LogP contribution < -0.4 is 10.1 Å². The van der Waals surface area contributed by atoms with E-state index < -0.39 is 11.9 Å². The first-order chi connectivity index (χ1) is 14.0. The van der Waals surface area contributed by atoms with Crippen LogP contribution in [0.2, 0.25) is 5.02 Å². The summed E-state index contributed by atoms with van der Waals surface area (Å²) in [5.41, 5.74) is 2.14. The van der Waals surface area contributed by atoms with E-state index in [1.54, 1.807) is 24.3 Å². The van der Waals surface area contributed by atoms with E-state index in [4.69, 9.17) is 21.1 Å². The SMILES string of the molecule is CCCOc1ccc(-c2csc(NC(=O)c3ccccc3Cl)c2C(=O)OC)cc1. The lowest BCUT2D eigenvalue weighted by Gasteiger charge is -2.09. The van der Waals surface area contributed by atoms with E-state index in [9.17, 15) is 9.59 Å². The molecule has 0 radical (unpaired) electrons.